The molecule has 1 saturated heterocycles. The number of imidazole rings is 1. The molecule has 4 rings (SSSR count). The monoisotopic (exact) mass is 411 g/mol. The van der Waals surface area contributed by atoms with Crippen LogP contribution in [0.25, 0.3) is 5.65 Å². The minimum absolute atomic E-state index is 0. The van der Waals surface area contributed by atoms with Crippen molar-refractivity contribution in [3.05, 3.63) is 47.7 Å². The quantitative estimate of drug-likeness (QED) is 0.684. The number of fused-ring (bicyclic) bond motifs is 1. The van der Waals surface area contributed by atoms with E-state index >= 15 is 0 Å². The minimum atomic E-state index is -0.228. The summed E-state index contributed by atoms with van der Waals surface area (Å²) in [4.78, 5) is 16.9. The number of aromatic nitrogens is 5. The van der Waals surface area contributed by atoms with Crippen molar-refractivity contribution >= 4 is 36.4 Å². The average molecular weight is 412 g/mol. The number of nitrogens with zero attached hydrogens (tertiary/aromatic N) is 5. The van der Waals surface area contributed by atoms with Crippen LogP contribution in [0.3, 0.4) is 0 Å². The third-order valence-electron chi connectivity index (χ3n) is 4.58. The van der Waals surface area contributed by atoms with Crippen LogP contribution in [0.15, 0.2) is 30.7 Å². The number of aryl methyl sites for hydroxylation is 1. The number of hydrogen-bond donors (Lipinski definition) is 2. The van der Waals surface area contributed by atoms with Gasteiger partial charge in [0, 0.05) is 12.4 Å². The predicted octanol–water partition coefficient (Wildman–Crippen LogP) is 1.93. The molecule has 0 bridgehead atoms. The summed E-state index contributed by atoms with van der Waals surface area (Å²) in [5.41, 5.74) is 3.17. The molecule has 0 unspecified atom stereocenters. The van der Waals surface area contributed by atoms with Gasteiger partial charge in [-0.15, -0.1) is 29.9 Å². The van der Waals surface area contributed by atoms with Crippen LogP contribution in [0.4, 0.5) is 0 Å². The van der Waals surface area contributed by atoms with E-state index in [1.54, 1.807) is 6.20 Å². The van der Waals surface area contributed by atoms with Crippen molar-refractivity contribution in [1.82, 2.24) is 35.0 Å². The highest BCUT2D eigenvalue weighted by Crippen LogP contribution is 2.17. The van der Waals surface area contributed by atoms with Crippen molar-refractivity contribution in [3.63, 3.8) is 0 Å². The lowest BCUT2D eigenvalue weighted by atomic mass is 10.1. The molecule has 0 radical (unpaired) electrons. The second-order valence-electron chi connectivity index (χ2n) is 6.40. The molecule has 1 amide bonds. The Balaban J connectivity index is 0.00000131. The number of rotatable bonds is 4. The molecule has 1 aliphatic heterocycles. The zero-order chi connectivity index (χ0) is 17.2. The Morgan fingerprint density at radius 3 is 2.81 bits per heavy atom. The van der Waals surface area contributed by atoms with Gasteiger partial charge >= 0.3 is 0 Å². The van der Waals surface area contributed by atoms with Gasteiger partial charge in [0.15, 0.2) is 5.69 Å². The molecule has 10 heteroatoms. The lowest BCUT2D eigenvalue weighted by molar-refractivity contribution is 0.0945. The Kier molecular flexibility index (Phi) is 7.18. The SMILES string of the molecule is Cc1cccn2cc(CNC(=O)c3cn(C4CCNCC4)nn3)nc12.Cl.Cl. The lowest BCUT2D eigenvalue weighted by Crippen LogP contribution is -2.29. The number of hydrogen-bond acceptors (Lipinski definition) is 5. The highest BCUT2D eigenvalue weighted by atomic mass is 35.5. The molecule has 0 saturated carbocycles. The van der Waals surface area contributed by atoms with Gasteiger partial charge in [-0.2, -0.15) is 0 Å². The van der Waals surface area contributed by atoms with E-state index in [0.29, 0.717) is 18.3 Å². The third kappa shape index (κ3) is 4.58. The summed E-state index contributed by atoms with van der Waals surface area (Å²) in [6.07, 6.45) is 7.62. The molecule has 0 atom stereocenters. The van der Waals surface area contributed by atoms with Gasteiger partial charge in [-0.05, 0) is 44.5 Å². The maximum atomic E-state index is 12.3. The number of piperidine rings is 1. The maximum absolute atomic E-state index is 12.3. The van der Waals surface area contributed by atoms with E-state index < -0.39 is 0 Å². The molecule has 146 valence electrons. The van der Waals surface area contributed by atoms with Crippen LogP contribution in [0.5, 0.6) is 0 Å². The first kappa shape index (κ1) is 21.1. The van der Waals surface area contributed by atoms with Crippen molar-refractivity contribution in [2.45, 2.75) is 32.4 Å². The second kappa shape index (κ2) is 9.16. The molecule has 3 aromatic heterocycles. The number of halogens is 2. The van der Waals surface area contributed by atoms with Gasteiger partial charge in [-0.1, -0.05) is 11.3 Å². The number of nitrogens with one attached hydrogen (secondary N) is 2. The van der Waals surface area contributed by atoms with Gasteiger partial charge in [-0.3, -0.25) is 4.79 Å². The predicted molar refractivity (Wildman–Crippen MR) is 107 cm³/mol. The highest BCUT2D eigenvalue weighted by molar-refractivity contribution is 5.91. The summed E-state index contributed by atoms with van der Waals surface area (Å²) < 4.78 is 3.77. The Hall–Kier alpha value is -2.16. The van der Waals surface area contributed by atoms with Gasteiger partial charge in [0.1, 0.15) is 5.65 Å². The molecule has 1 fully saturated rings. The first-order chi connectivity index (χ1) is 12.2. The third-order valence-corrected chi connectivity index (χ3v) is 4.58. The zero-order valence-electron chi connectivity index (χ0n) is 15.0. The van der Waals surface area contributed by atoms with E-state index in [4.69, 9.17) is 0 Å². The van der Waals surface area contributed by atoms with Crippen molar-refractivity contribution in [3.8, 4) is 0 Å². The average Bonchev–Trinajstić information content (AvgIpc) is 3.28. The van der Waals surface area contributed by atoms with Crippen LogP contribution in [0.2, 0.25) is 0 Å². The highest BCUT2D eigenvalue weighted by Gasteiger charge is 2.18. The summed E-state index contributed by atoms with van der Waals surface area (Å²) in [5.74, 6) is -0.228. The molecule has 27 heavy (non-hydrogen) atoms. The zero-order valence-corrected chi connectivity index (χ0v) is 16.6. The second-order valence-corrected chi connectivity index (χ2v) is 6.40. The molecule has 4 heterocycles. The fourth-order valence-corrected chi connectivity index (χ4v) is 3.18. The van der Waals surface area contributed by atoms with Crippen molar-refractivity contribution in [1.29, 1.82) is 0 Å². The topological polar surface area (TPSA) is 89.1 Å². The number of pyridine rings is 1. The fraction of sp³-hybridized carbons (Fsp3) is 0.412. The molecular weight excluding hydrogens is 389 g/mol. The molecule has 0 spiro atoms. The molecule has 0 aromatic carbocycles. The van der Waals surface area contributed by atoms with Crippen LogP contribution in [0.1, 0.15) is 40.6 Å². The number of carbonyl (C=O) groups is 1. The molecular formula is C17H23Cl2N7O. The van der Waals surface area contributed by atoms with Crippen molar-refractivity contribution in [2.24, 2.45) is 0 Å². The smallest absolute Gasteiger partial charge is 0.273 e. The first-order valence-electron chi connectivity index (χ1n) is 8.54. The van der Waals surface area contributed by atoms with E-state index in [9.17, 15) is 4.79 Å². The number of carbonyl (C=O) groups excluding carboxylic acids is 1. The molecule has 8 nitrogen and oxygen atoms in total. The summed E-state index contributed by atoms with van der Waals surface area (Å²) in [6, 6.07) is 4.31. The maximum Gasteiger partial charge on any atom is 0.273 e. The van der Waals surface area contributed by atoms with Crippen molar-refractivity contribution < 1.29 is 4.79 Å². The van der Waals surface area contributed by atoms with Crippen molar-refractivity contribution in [2.75, 3.05) is 13.1 Å². The normalized spacial score (nSPS) is 14.4. The van der Waals surface area contributed by atoms with Gasteiger partial charge in [0.05, 0.1) is 24.5 Å². The molecule has 3 aromatic rings. The van der Waals surface area contributed by atoms with Gasteiger partial charge in [0.25, 0.3) is 5.91 Å². The van der Waals surface area contributed by atoms with Gasteiger partial charge < -0.3 is 15.0 Å². The first-order valence-corrected chi connectivity index (χ1v) is 8.54. The van der Waals surface area contributed by atoms with Crippen LogP contribution >= 0.6 is 24.8 Å². The minimum Gasteiger partial charge on any atom is -0.345 e. The van der Waals surface area contributed by atoms with Gasteiger partial charge in [-0.25, -0.2) is 9.67 Å². The van der Waals surface area contributed by atoms with E-state index in [2.05, 4.69) is 25.9 Å². The summed E-state index contributed by atoms with van der Waals surface area (Å²) in [5, 5.41) is 14.3. The van der Waals surface area contributed by atoms with Crippen LogP contribution in [-0.2, 0) is 6.54 Å². The van der Waals surface area contributed by atoms with Crippen LogP contribution in [-0.4, -0.2) is 43.4 Å². The van der Waals surface area contributed by atoms with E-state index in [1.807, 2.05) is 40.5 Å². The Morgan fingerprint density at radius 1 is 1.30 bits per heavy atom. The Bertz CT molecular complexity index is 902. The van der Waals surface area contributed by atoms with E-state index in [1.165, 1.54) is 0 Å². The Labute approximate surface area is 169 Å². The fourth-order valence-electron chi connectivity index (χ4n) is 3.18. The summed E-state index contributed by atoms with van der Waals surface area (Å²) in [7, 11) is 0. The largest absolute Gasteiger partial charge is 0.345 e. The van der Waals surface area contributed by atoms with E-state index in [-0.39, 0.29) is 30.7 Å². The Morgan fingerprint density at radius 2 is 2.07 bits per heavy atom. The molecule has 2 N–H and O–H groups in total. The number of amides is 1. The molecule has 1 aliphatic rings. The molecule has 0 aliphatic carbocycles. The van der Waals surface area contributed by atoms with E-state index in [0.717, 1.165) is 42.8 Å². The summed E-state index contributed by atoms with van der Waals surface area (Å²) >= 11 is 0. The van der Waals surface area contributed by atoms with Gasteiger partial charge in [0.2, 0.25) is 0 Å². The standard InChI is InChI=1S/C17H21N7O.2ClH/c1-12-3-2-8-23-10-13(20-16(12)23)9-19-17(25)15-11-24(22-21-15)14-4-6-18-7-5-14;;/h2-3,8,10-11,14,18H,4-7,9H2,1H3,(H,19,25);2*1H. The van der Waals surface area contributed by atoms with Crippen LogP contribution < -0.4 is 10.6 Å². The van der Waals surface area contributed by atoms with Crippen LogP contribution in [0, 0.1) is 6.92 Å². The lowest BCUT2D eigenvalue weighted by Gasteiger charge is -2.22. The summed E-state index contributed by atoms with van der Waals surface area (Å²) in [6.45, 7) is 4.32.